The second kappa shape index (κ2) is 11.8. The standard InChI is InChI=1S/C25H23IO4S/c1-2-29-20-10-6-9-19(15-20)22(18-7-4-3-5-8-18)13-14-31-24-12-11-21(16-23(24)26)30-17-25(27)28/h3-13,15-16H,2,14,17H2,1H3,(H,27,28). The molecule has 31 heavy (non-hydrogen) atoms. The van der Waals surface area contributed by atoms with Crippen LogP contribution in [0.15, 0.2) is 83.8 Å². The van der Waals surface area contributed by atoms with Crippen molar-refractivity contribution in [1.29, 1.82) is 0 Å². The lowest BCUT2D eigenvalue weighted by molar-refractivity contribution is -0.139. The van der Waals surface area contributed by atoms with Gasteiger partial charge < -0.3 is 14.6 Å². The van der Waals surface area contributed by atoms with Gasteiger partial charge in [-0.25, -0.2) is 4.79 Å². The summed E-state index contributed by atoms with van der Waals surface area (Å²) < 4.78 is 12.0. The summed E-state index contributed by atoms with van der Waals surface area (Å²) in [4.78, 5) is 11.8. The third-order valence-corrected chi connectivity index (χ3v) is 6.59. The van der Waals surface area contributed by atoms with Gasteiger partial charge in [-0.2, -0.15) is 0 Å². The van der Waals surface area contributed by atoms with Crippen LogP contribution in [0.3, 0.4) is 0 Å². The van der Waals surface area contributed by atoms with Gasteiger partial charge in [-0.3, -0.25) is 0 Å². The summed E-state index contributed by atoms with van der Waals surface area (Å²) in [6, 6.07) is 24.1. The number of benzene rings is 3. The monoisotopic (exact) mass is 546 g/mol. The van der Waals surface area contributed by atoms with Crippen LogP contribution in [-0.4, -0.2) is 30.0 Å². The predicted molar refractivity (Wildman–Crippen MR) is 134 cm³/mol. The van der Waals surface area contributed by atoms with Gasteiger partial charge in [0.05, 0.1) is 6.61 Å². The van der Waals surface area contributed by atoms with E-state index in [4.69, 9.17) is 14.6 Å². The SMILES string of the molecule is CCOc1cccc(C(=CCSc2ccc(OCC(=O)O)cc2I)c2ccccc2)c1. The quantitative estimate of drug-likeness (QED) is 0.236. The molecule has 0 amide bonds. The van der Waals surface area contributed by atoms with E-state index in [0.717, 1.165) is 36.7 Å². The lowest BCUT2D eigenvalue weighted by Crippen LogP contribution is -2.09. The van der Waals surface area contributed by atoms with Crippen LogP contribution in [-0.2, 0) is 4.79 Å². The molecule has 4 nitrogen and oxygen atoms in total. The van der Waals surface area contributed by atoms with Gasteiger partial charge in [-0.1, -0.05) is 48.5 Å². The molecule has 0 spiro atoms. The zero-order valence-corrected chi connectivity index (χ0v) is 20.1. The van der Waals surface area contributed by atoms with Crippen LogP contribution in [0.4, 0.5) is 0 Å². The van der Waals surface area contributed by atoms with Crippen molar-refractivity contribution in [3.63, 3.8) is 0 Å². The summed E-state index contributed by atoms with van der Waals surface area (Å²) in [6.45, 7) is 2.28. The van der Waals surface area contributed by atoms with Crippen molar-refractivity contribution in [3.05, 3.63) is 93.6 Å². The number of carboxylic acids is 1. The zero-order valence-electron chi connectivity index (χ0n) is 17.1. The van der Waals surface area contributed by atoms with Crippen molar-refractivity contribution in [2.24, 2.45) is 0 Å². The molecule has 1 N–H and O–H groups in total. The first kappa shape index (κ1) is 23.2. The number of carboxylic acid groups (broad SMARTS) is 1. The Morgan fingerprint density at radius 2 is 1.71 bits per heavy atom. The lowest BCUT2D eigenvalue weighted by atomic mass is 9.98. The van der Waals surface area contributed by atoms with E-state index >= 15 is 0 Å². The van der Waals surface area contributed by atoms with Crippen LogP contribution in [0, 0.1) is 3.57 Å². The van der Waals surface area contributed by atoms with Crippen molar-refractivity contribution in [3.8, 4) is 11.5 Å². The highest BCUT2D eigenvalue weighted by molar-refractivity contribution is 14.1. The second-order valence-electron chi connectivity index (χ2n) is 6.53. The molecule has 6 heteroatoms. The Morgan fingerprint density at radius 3 is 2.42 bits per heavy atom. The fourth-order valence-electron chi connectivity index (χ4n) is 2.99. The van der Waals surface area contributed by atoms with Crippen molar-refractivity contribution in [2.75, 3.05) is 19.0 Å². The Labute approximate surface area is 200 Å². The molecule has 0 aromatic heterocycles. The van der Waals surface area contributed by atoms with E-state index in [1.165, 1.54) is 0 Å². The normalized spacial score (nSPS) is 11.2. The molecule has 3 rings (SSSR count). The number of rotatable bonds is 10. The van der Waals surface area contributed by atoms with Crippen LogP contribution in [0.5, 0.6) is 11.5 Å². The van der Waals surface area contributed by atoms with Gasteiger partial charge in [-0.15, -0.1) is 11.8 Å². The lowest BCUT2D eigenvalue weighted by Gasteiger charge is -2.12. The van der Waals surface area contributed by atoms with E-state index in [9.17, 15) is 4.79 Å². The highest BCUT2D eigenvalue weighted by Crippen LogP contribution is 2.31. The minimum absolute atomic E-state index is 0.341. The minimum Gasteiger partial charge on any atom is -0.494 e. The summed E-state index contributed by atoms with van der Waals surface area (Å²) in [5.74, 6) is 1.22. The number of carbonyl (C=O) groups is 1. The maximum atomic E-state index is 10.7. The molecule has 0 saturated carbocycles. The van der Waals surface area contributed by atoms with E-state index in [1.807, 2.05) is 49.4 Å². The first-order chi connectivity index (χ1) is 15.1. The molecule has 3 aromatic carbocycles. The van der Waals surface area contributed by atoms with E-state index in [2.05, 4.69) is 52.9 Å². The van der Waals surface area contributed by atoms with Gasteiger partial charge in [0.15, 0.2) is 6.61 Å². The number of halogens is 1. The van der Waals surface area contributed by atoms with Crippen LogP contribution in [0.25, 0.3) is 5.57 Å². The zero-order chi connectivity index (χ0) is 22.1. The van der Waals surface area contributed by atoms with Gasteiger partial charge in [0.2, 0.25) is 0 Å². The molecule has 0 atom stereocenters. The maximum Gasteiger partial charge on any atom is 0.341 e. The highest BCUT2D eigenvalue weighted by Gasteiger charge is 2.08. The van der Waals surface area contributed by atoms with Crippen molar-refractivity contribution >= 4 is 45.9 Å². The van der Waals surface area contributed by atoms with E-state index in [1.54, 1.807) is 17.8 Å². The van der Waals surface area contributed by atoms with Crippen LogP contribution in [0.2, 0.25) is 0 Å². The first-order valence-electron chi connectivity index (χ1n) is 9.82. The Hall–Kier alpha value is -2.45. The largest absolute Gasteiger partial charge is 0.494 e. The smallest absolute Gasteiger partial charge is 0.341 e. The number of thioether (sulfide) groups is 1. The van der Waals surface area contributed by atoms with Crippen LogP contribution >= 0.6 is 34.4 Å². The second-order valence-corrected chi connectivity index (χ2v) is 8.75. The van der Waals surface area contributed by atoms with Gasteiger partial charge in [-0.05, 0) is 76.5 Å². The van der Waals surface area contributed by atoms with Crippen LogP contribution in [0.1, 0.15) is 18.1 Å². The molecule has 3 aromatic rings. The third kappa shape index (κ3) is 7.04. The molecule has 0 radical (unpaired) electrons. The molecule has 0 saturated heterocycles. The molecule has 0 bridgehead atoms. The van der Waals surface area contributed by atoms with Gasteiger partial charge in [0.1, 0.15) is 11.5 Å². The Balaban J connectivity index is 1.79. The molecular weight excluding hydrogens is 523 g/mol. The number of hydrogen-bond acceptors (Lipinski definition) is 4. The topological polar surface area (TPSA) is 55.8 Å². The Bertz CT molecular complexity index is 1050. The van der Waals surface area contributed by atoms with E-state index in [-0.39, 0.29) is 6.61 Å². The molecule has 160 valence electrons. The number of ether oxygens (including phenoxy) is 2. The average Bonchev–Trinajstić information content (AvgIpc) is 2.77. The number of aliphatic carboxylic acids is 1. The molecular formula is C25H23IO4S. The summed E-state index contributed by atoms with van der Waals surface area (Å²) >= 11 is 3.98. The van der Waals surface area contributed by atoms with Gasteiger partial charge >= 0.3 is 5.97 Å². The van der Waals surface area contributed by atoms with Crippen molar-refractivity contribution in [1.82, 2.24) is 0 Å². The van der Waals surface area contributed by atoms with Crippen molar-refractivity contribution < 1.29 is 19.4 Å². The average molecular weight is 546 g/mol. The summed E-state index contributed by atoms with van der Waals surface area (Å²) in [5.41, 5.74) is 3.43. The minimum atomic E-state index is -0.986. The molecule has 0 heterocycles. The van der Waals surface area contributed by atoms with E-state index in [0.29, 0.717) is 12.4 Å². The fourth-order valence-corrected chi connectivity index (χ4v) is 4.73. The van der Waals surface area contributed by atoms with Crippen molar-refractivity contribution in [2.45, 2.75) is 11.8 Å². The van der Waals surface area contributed by atoms with Gasteiger partial charge in [0, 0.05) is 14.2 Å². The van der Waals surface area contributed by atoms with Crippen LogP contribution < -0.4 is 9.47 Å². The summed E-state index contributed by atoms with van der Waals surface area (Å²) in [6.07, 6.45) is 2.23. The summed E-state index contributed by atoms with van der Waals surface area (Å²) in [5, 5.41) is 8.76. The summed E-state index contributed by atoms with van der Waals surface area (Å²) in [7, 11) is 0. The maximum absolute atomic E-state index is 10.7. The molecule has 0 aliphatic carbocycles. The molecule has 0 aliphatic heterocycles. The molecule has 0 fully saturated rings. The third-order valence-electron chi connectivity index (χ3n) is 4.33. The molecule has 0 unspecified atom stereocenters. The number of hydrogen-bond donors (Lipinski definition) is 1. The predicted octanol–water partition coefficient (Wildman–Crippen LogP) is 6.38. The fraction of sp³-hybridized carbons (Fsp3) is 0.160. The highest BCUT2D eigenvalue weighted by atomic mass is 127. The Morgan fingerprint density at radius 1 is 0.968 bits per heavy atom. The molecule has 0 aliphatic rings. The Kier molecular flexibility index (Phi) is 8.85. The van der Waals surface area contributed by atoms with Gasteiger partial charge in [0.25, 0.3) is 0 Å². The first-order valence-corrected chi connectivity index (χ1v) is 11.9. The van der Waals surface area contributed by atoms with E-state index < -0.39 is 5.97 Å².